The Morgan fingerprint density at radius 3 is 1.30 bits per heavy atom. The summed E-state index contributed by atoms with van der Waals surface area (Å²) in [6, 6.07) is 67.4. The van der Waals surface area contributed by atoms with E-state index in [4.69, 9.17) is 53.8 Å². The molecule has 21 rings (SSSR count). The summed E-state index contributed by atoms with van der Waals surface area (Å²) in [5.41, 5.74) is 24.3. The number of aromatic amines is 4. The van der Waals surface area contributed by atoms with Crippen molar-refractivity contribution in [2.24, 2.45) is 0 Å². The minimum Gasteiger partial charge on any atom is -0.497 e. The molecule has 9 aromatic carbocycles. The minimum atomic E-state index is -0.442. The van der Waals surface area contributed by atoms with Gasteiger partial charge < -0.3 is 53.6 Å². The molecule has 0 bridgehead atoms. The highest BCUT2D eigenvalue weighted by Crippen LogP contribution is 2.47. The van der Waals surface area contributed by atoms with E-state index in [9.17, 15) is 4.79 Å². The van der Waals surface area contributed by atoms with Crippen molar-refractivity contribution in [1.82, 2.24) is 54.7 Å². The fraction of sp³-hybridized carbons (Fsp3) is 0.227. The Balaban J connectivity index is 0.000000109. The first-order chi connectivity index (χ1) is 58.0. The number of rotatable bonds is 11. The van der Waals surface area contributed by atoms with Gasteiger partial charge in [0, 0.05) is 145 Å². The number of nitrogens with zero attached hydrogens (tertiary/aromatic N) is 10. The van der Waals surface area contributed by atoms with Gasteiger partial charge in [-0.15, -0.1) is 0 Å². The van der Waals surface area contributed by atoms with Gasteiger partial charge >= 0.3 is 6.09 Å². The van der Waals surface area contributed by atoms with E-state index in [2.05, 4.69) is 215 Å². The number of anilines is 3. The van der Waals surface area contributed by atoms with Crippen LogP contribution in [0.1, 0.15) is 153 Å². The third-order valence-corrected chi connectivity index (χ3v) is 24.2. The maximum Gasteiger partial charge on any atom is 0.416 e. The lowest BCUT2D eigenvalue weighted by Gasteiger charge is -2.37. The van der Waals surface area contributed by atoms with E-state index in [1.807, 2.05) is 97.7 Å². The molecule has 12 heterocycles. The Morgan fingerprint density at radius 2 is 0.832 bits per heavy atom. The molecule has 7 aromatic heterocycles. The van der Waals surface area contributed by atoms with Crippen molar-refractivity contribution in [2.75, 3.05) is 54.8 Å². The molecule has 16 aromatic rings. The fourth-order valence-electron chi connectivity index (χ4n) is 17.6. The molecule has 1 amide bonds. The lowest BCUT2D eigenvalue weighted by molar-refractivity contribution is 0.135. The van der Waals surface area contributed by atoms with E-state index in [0.717, 1.165) is 101 Å². The predicted molar refractivity (Wildman–Crippen MR) is 474 cm³/mol. The zero-order valence-electron chi connectivity index (χ0n) is 67.1. The van der Waals surface area contributed by atoms with Crippen LogP contribution in [0.4, 0.5) is 22.5 Å². The summed E-state index contributed by atoms with van der Waals surface area (Å²) in [6.45, 7) is 16.5. The standard InChI is InChI=1S/C25H18Cl2N2O4.C25H26N4.C24H23ClN4.C23H22N4O/c26-15-2-5-17(6-3-15)33-25(30)29-10-9-18-19-12-16(27)4-7-20(19)28-23(18)24(29)14-1-8-21-22(11-14)32-13-31-21;1-16(2)18-6-8-19(9-7-18)24-23-20(21-15-17(3)5-10-22(21)28-23)11-14-29(24)25-26-12-4-13-27-25;1-15(2)16-4-6-17(7-5-16)23-22-19(20-14-18(25)8-9-21(20)28-22)10-13-29(23)24-26-11-3-12-27-24;1-15-3-8-20-19(13-15)18-9-12-27(21-14-24-10-11-25-21)23(22(18)26-20)16-4-6-17(28-2)7-5-16/h1-8,11-12,24,28H,9-10,13H2;4-10,12-13,15-16,24,28H,11,14H2,1-3H3;3-9,11-12,14-15,23,28H,10,13H2,1-2H3;3-8,10-11,13-14,23,26H,9,12H2,1-2H3. The Hall–Kier alpha value is -12.7. The average Bonchev–Trinajstić information content (AvgIpc) is 1.62. The molecule has 4 atom stereocenters. The Morgan fingerprint density at radius 1 is 0.420 bits per heavy atom. The molecule has 598 valence electrons. The van der Waals surface area contributed by atoms with Gasteiger partial charge in [-0.05, 0) is 228 Å². The normalized spacial score (nSPS) is 16.4. The third-order valence-electron chi connectivity index (χ3n) is 23.4. The number of hydrogen-bond acceptors (Lipinski definition) is 14. The first-order valence-electron chi connectivity index (χ1n) is 40.4. The molecule has 22 heteroatoms. The second-order valence-corrected chi connectivity index (χ2v) is 32.8. The van der Waals surface area contributed by atoms with Crippen LogP contribution in [-0.4, -0.2) is 101 Å². The predicted octanol–water partition coefficient (Wildman–Crippen LogP) is 22.2. The summed E-state index contributed by atoms with van der Waals surface area (Å²) >= 11 is 18.5. The number of hydrogen-bond donors (Lipinski definition) is 4. The molecule has 0 saturated heterocycles. The molecule has 5 aliphatic rings. The Labute approximate surface area is 705 Å². The maximum absolute atomic E-state index is 13.3. The summed E-state index contributed by atoms with van der Waals surface area (Å²) in [5.74, 6) is 6.10. The van der Waals surface area contributed by atoms with Crippen molar-refractivity contribution in [3.8, 4) is 23.0 Å². The van der Waals surface area contributed by atoms with E-state index in [-0.39, 0.29) is 24.9 Å². The van der Waals surface area contributed by atoms with Crippen LogP contribution in [0.3, 0.4) is 0 Å². The van der Waals surface area contributed by atoms with E-state index in [1.165, 1.54) is 99.9 Å². The fourth-order valence-corrected chi connectivity index (χ4v) is 18.0. The van der Waals surface area contributed by atoms with Gasteiger partial charge in [0.2, 0.25) is 18.7 Å². The van der Waals surface area contributed by atoms with Crippen LogP contribution in [-0.2, 0) is 25.7 Å². The average molecular weight is 1640 g/mol. The molecule has 0 saturated carbocycles. The number of fused-ring (bicyclic) bond motifs is 13. The van der Waals surface area contributed by atoms with Crippen molar-refractivity contribution < 1.29 is 23.7 Å². The van der Waals surface area contributed by atoms with E-state index >= 15 is 0 Å². The van der Waals surface area contributed by atoms with Crippen LogP contribution in [0.2, 0.25) is 15.1 Å². The number of amides is 1. The van der Waals surface area contributed by atoms with Gasteiger partial charge in [0.1, 0.15) is 23.4 Å². The molecule has 4 unspecified atom stereocenters. The summed E-state index contributed by atoms with van der Waals surface area (Å²) in [4.78, 5) is 63.7. The number of benzene rings is 9. The number of carbonyl (C=O) groups excluding carboxylic acids is 1. The van der Waals surface area contributed by atoms with Crippen molar-refractivity contribution >= 4 is 102 Å². The zero-order chi connectivity index (χ0) is 81.5. The van der Waals surface area contributed by atoms with Crippen molar-refractivity contribution in [2.45, 2.75) is 103 Å². The quantitative estimate of drug-likeness (QED) is 0.0950. The van der Waals surface area contributed by atoms with Gasteiger partial charge in [-0.2, -0.15) is 0 Å². The number of aryl methyl sites for hydroxylation is 2. The summed E-state index contributed by atoms with van der Waals surface area (Å²) in [5, 5.41) is 6.97. The molecule has 4 N–H and O–H groups in total. The highest BCUT2D eigenvalue weighted by atomic mass is 35.5. The number of aromatic nitrogens is 10. The van der Waals surface area contributed by atoms with Gasteiger partial charge in [-0.1, -0.05) is 152 Å². The highest BCUT2D eigenvalue weighted by molar-refractivity contribution is 6.32. The molecule has 0 aliphatic carbocycles. The lowest BCUT2D eigenvalue weighted by Crippen LogP contribution is -2.42. The molecule has 0 spiro atoms. The van der Waals surface area contributed by atoms with E-state index in [0.29, 0.717) is 52.1 Å². The van der Waals surface area contributed by atoms with Crippen LogP contribution < -0.4 is 33.6 Å². The number of methoxy groups -OCH3 is 1. The number of carbonyl (C=O) groups is 1. The van der Waals surface area contributed by atoms with Gasteiger partial charge in [0.15, 0.2) is 11.5 Å². The SMILES string of the molecule is CC(C)c1ccc(C2c3[nH]c4ccc(Cl)cc4c3CCN2c2ncccn2)cc1.COc1ccc(C2c3[nH]c4ccc(C)cc4c3CCN2c2cnccn2)cc1.Cc1ccc2[nH]c3c(c2c1)CCN(c1ncccn1)C3c1ccc(C(C)C)cc1.O=C(Oc1ccc(Cl)cc1)N1CCc2c([nH]c3ccc(Cl)cc23)C1c1ccc2c(c1)OCO2. The van der Waals surface area contributed by atoms with Crippen molar-refractivity contribution in [1.29, 1.82) is 0 Å². The largest absolute Gasteiger partial charge is 0.497 e. The van der Waals surface area contributed by atoms with Crippen LogP contribution in [0, 0.1) is 13.8 Å². The van der Waals surface area contributed by atoms with Gasteiger partial charge in [0.25, 0.3) is 0 Å². The zero-order valence-corrected chi connectivity index (χ0v) is 69.3. The molecule has 5 aliphatic heterocycles. The number of halogens is 3. The molecule has 19 nitrogen and oxygen atoms in total. The van der Waals surface area contributed by atoms with Crippen molar-refractivity contribution in [3.05, 3.63) is 348 Å². The van der Waals surface area contributed by atoms with Gasteiger partial charge in [-0.25, -0.2) is 29.7 Å². The second-order valence-electron chi connectivity index (χ2n) is 31.4. The number of H-pyrrole nitrogens is 4. The van der Waals surface area contributed by atoms with Crippen LogP contribution in [0.25, 0.3) is 43.6 Å². The topological polar surface area (TPSA) is 207 Å². The molecule has 0 fully saturated rings. The van der Waals surface area contributed by atoms with Crippen molar-refractivity contribution in [3.63, 3.8) is 0 Å². The number of ether oxygens (including phenoxy) is 4. The monoisotopic (exact) mass is 1630 g/mol. The summed E-state index contributed by atoms with van der Waals surface area (Å²) < 4.78 is 22.1. The first-order valence-corrected chi connectivity index (χ1v) is 41.6. The van der Waals surface area contributed by atoms with Gasteiger partial charge in [0.05, 0.1) is 31.4 Å². The summed E-state index contributed by atoms with van der Waals surface area (Å²) in [6.07, 6.45) is 15.7. The molecular weight excluding hydrogens is 1550 g/mol. The Bertz CT molecular complexity index is 6160. The highest BCUT2D eigenvalue weighted by Gasteiger charge is 2.40. The lowest BCUT2D eigenvalue weighted by atomic mass is 9.91. The molecule has 119 heavy (non-hydrogen) atoms. The van der Waals surface area contributed by atoms with Crippen LogP contribution in [0.15, 0.2) is 244 Å². The Kier molecular flexibility index (Phi) is 21.7. The van der Waals surface area contributed by atoms with E-state index < -0.39 is 12.1 Å². The van der Waals surface area contributed by atoms with E-state index in [1.54, 1.807) is 48.7 Å². The van der Waals surface area contributed by atoms with Gasteiger partial charge in [-0.3, -0.25) is 9.88 Å². The first kappa shape index (κ1) is 77.5. The molecular formula is C97H89Cl3N14O5. The van der Waals surface area contributed by atoms with Crippen LogP contribution >= 0.6 is 34.8 Å². The van der Waals surface area contributed by atoms with Crippen LogP contribution in [0.5, 0.6) is 23.0 Å². The summed E-state index contributed by atoms with van der Waals surface area (Å²) in [7, 11) is 1.69. The second kappa shape index (κ2) is 33.4. The third kappa shape index (κ3) is 15.6. The smallest absolute Gasteiger partial charge is 0.416 e. The molecule has 0 radical (unpaired) electrons. The maximum atomic E-state index is 13.3. The number of nitrogens with one attached hydrogen (secondary N) is 4. The minimum absolute atomic E-state index is 0.0357.